The molecule has 2 nitrogen and oxygen atoms in total. The van der Waals surface area contributed by atoms with Crippen molar-refractivity contribution in [1.82, 2.24) is 4.98 Å². The number of hydrogen-bond acceptors (Lipinski definition) is 2. The summed E-state index contributed by atoms with van der Waals surface area (Å²) in [6.45, 7) is 2.11. The molecule has 0 saturated heterocycles. The zero-order valence-corrected chi connectivity index (χ0v) is 11.1. The molecular formula is C17H15NO. The second-order valence-corrected chi connectivity index (χ2v) is 4.54. The maximum Gasteiger partial charge on any atom is 0.128 e. The third-order valence-corrected chi connectivity index (χ3v) is 3.31. The summed E-state index contributed by atoms with van der Waals surface area (Å²) < 4.78 is 5.41. The van der Waals surface area contributed by atoms with Gasteiger partial charge in [-0.3, -0.25) is 0 Å². The molecule has 2 aromatic carbocycles. The highest BCUT2D eigenvalue weighted by atomic mass is 16.5. The zero-order chi connectivity index (χ0) is 13.2. The van der Waals surface area contributed by atoms with Gasteiger partial charge in [-0.15, -0.1) is 0 Å². The molecule has 0 unspecified atom stereocenters. The summed E-state index contributed by atoms with van der Waals surface area (Å²) in [5, 5.41) is 1.20. The van der Waals surface area contributed by atoms with Crippen LogP contribution in [0.1, 0.15) is 5.56 Å². The number of para-hydroxylation sites is 2. The number of aryl methyl sites for hydroxylation is 1. The van der Waals surface area contributed by atoms with Crippen LogP contribution in [0, 0.1) is 6.92 Å². The third kappa shape index (κ3) is 2.06. The Morgan fingerprint density at radius 2 is 1.68 bits per heavy atom. The van der Waals surface area contributed by atoms with Crippen LogP contribution in [0.2, 0.25) is 0 Å². The molecule has 0 atom stereocenters. The minimum Gasteiger partial charge on any atom is -0.496 e. The molecule has 3 aromatic rings. The molecule has 0 bridgehead atoms. The summed E-state index contributed by atoms with van der Waals surface area (Å²) >= 11 is 0. The predicted octanol–water partition coefficient (Wildman–Crippen LogP) is 4.22. The summed E-state index contributed by atoms with van der Waals surface area (Å²) in [6.07, 6.45) is 0. The average Bonchev–Trinajstić information content (AvgIpc) is 2.47. The fourth-order valence-electron chi connectivity index (χ4n) is 2.34. The molecule has 0 amide bonds. The van der Waals surface area contributed by atoms with Gasteiger partial charge < -0.3 is 4.74 Å². The van der Waals surface area contributed by atoms with E-state index in [1.54, 1.807) is 7.11 Å². The van der Waals surface area contributed by atoms with Crippen LogP contribution in [-0.4, -0.2) is 12.1 Å². The number of pyridine rings is 1. The Morgan fingerprint density at radius 3 is 2.53 bits per heavy atom. The lowest BCUT2D eigenvalue weighted by Crippen LogP contribution is -1.92. The summed E-state index contributed by atoms with van der Waals surface area (Å²) in [7, 11) is 1.69. The van der Waals surface area contributed by atoms with Crippen molar-refractivity contribution in [3.05, 3.63) is 60.2 Å². The number of ether oxygens (including phenoxy) is 1. The molecule has 1 aromatic heterocycles. The van der Waals surface area contributed by atoms with Crippen molar-refractivity contribution in [1.29, 1.82) is 0 Å². The first-order valence-electron chi connectivity index (χ1n) is 6.29. The van der Waals surface area contributed by atoms with Crippen LogP contribution in [0.25, 0.3) is 22.2 Å². The van der Waals surface area contributed by atoms with Crippen LogP contribution < -0.4 is 4.74 Å². The lowest BCUT2D eigenvalue weighted by molar-refractivity contribution is 0.416. The normalized spacial score (nSPS) is 10.6. The minimum absolute atomic E-state index is 0.852. The van der Waals surface area contributed by atoms with E-state index in [0.29, 0.717) is 0 Å². The Balaban J connectivity index is 2.26. The number of benzene rings is 2. The molecule has 0 spiro atoms. The van der Waals surface area contributed by atoms with Gasteiger partial charge in [0.05, 0.1) is 18.3 Å². The van der Waals surface area contributed by atoms with Gasteiger partial charge in [-0.05, 0) is 36.8 Å². The Morgan fingerprint density at radius 1 is 0.947 bits per heavy atom. The second kappa shape index (κ2) is 4.73. The first-order chi connectivity index (χ1) is 9.29. The molecule has 3 rings (SSSR count). The molecule has 0 N–H and O–H groups in total. The zero-order valence-electron chi connectivity index (χ0n) is 11.1. The van der Waals surface area contributed by atoms with E-state index in [2.05, 4.69) is 19.1 Å². The van der Waals surface area contributed by atoms with Crippen LogP contribution in [0.3, 0.4) is 0 Å². The summed E-state index contributed by atoms with van der Waals surface area (Å²) in [4.78, 5) is 4.73. The van der Waals surface area contributed by atoms with Crippen molar-refractivity contribution in [3.63, 3.8) is 0 Å². The average molecular weight is 249 g/mol. The molecule has 94 valence electrons. The molecule has 0 aliphatic heterocycles. The van der Waals surface area contributed by atoms with E-state index in [4.69, 9.17) is 9.72 Å². The second-order valence-electron chi connectivity index (χ2n) is 4.54. The number of nitrogens with zero attached hydrogens (tertiary/aromatic N) is 1. The van der Waals surface area contributed by atoms with Gasteiger partial charge in [-0.2, -0.15) is 0 Å². The van der Waals surface area contributed by atoms with Crippen LogP contribution in [0.5, 0.6) is 5.75 Å². The number of hydrogen-bond donors (Lipinski definition) is 0. The van der Waals surface area contributed by atoms with Crippen LogP contribution in [0.4, 0.5) is 0 Å². The van der Waals surface area contributed by atoms with Crippen LogP contribution in [-0.2, 0) is 0 Å². The minimum atomic E-state index is 0.852. The predicted molar refractivity (Wildman–Crippen MR) is 78.5 cm³/mol. The Kier molecular flexibility index (Phi) is 2.92. The van der Waals surface area contributed by atoms with E-state index in [1.807, 2.05) is 42.5 Å². The van der Waals surface area contributed by atoms with Crippen molar-refractivity contribution in [3.8, 4) is 17.0 Å². The van der Waals surface area contributed by atoms with Gasteiger partial charge in [-0.25, -0.2) is 4.98 Å². The van der Waals surface area contributed by atoms with E-state index in [9.17, 15) is 0 Å². The van der Waals surface area contributed by atoms with E-state index in [0.717, 1.165) is 22.5 Å². The monoisotopic (exact) mass is 249 g/mol. The smallest absolute Gasteiger partial charge is 0.128 e. The van der Waals surface area contributed by atoms with Gasteiger partial charge in [-0.1, -0.05) is 30.3 Å². The summed E-state index contributed by atoms with van der Waals surface area (Å²) in [5.41, 5.74) is 4.22. The molecule has 0 saturated carbocycles. The quantitative estimate of drug-likeness (QED) is 0.678. The maximum atomic E-state index is 5.41. The summed E-state index contributed by atoms with van der Waals surface area (Å²) in [5.74, 6) is 0.852. The lowest BCUT2D eigenvalue weighted by Gasteiger charge is -2.10. The van der Waals surface area contributed by atoms with Gasteiger partial charge in [0.15, 0.2) is 0 Å². The highest BCUT2D eigenvalue weighted by Gasteiger charge is 2.08. The first-order valence-corrected chi connectivity index (χ1v) is 6.29. The standard InChI is InChI=1S/C17H15NO/c1-12-11-16(14-8-4-6-10-17(14)19-2)18-15-9-5-3-7-13(12)15/h3-11H,1-2H3. The molecule has 0 aliphatic carbocycles. The lowest BCUT2D eigenvalue weighted by atomic mass is 10.0. The van der Waals surface area contributed by atoms with Crippen molar-refractivity contribution in [2.24, 2.45) is 0 Å². The van der Waals surface area contributed by atoms with E-state index >= 15 is 0 Å². The largest absolute Gasteiger partial charge is 0.496 e. The molecule has 0 fully saturated rings. The number of rotatable bonds is 2. The Bertz CT molecular complexity index is 734. The topological polar surface area (TPSA) is 22.1 Å². The maximum absolute atomic E-state index is 5.41. The van der Waals surface area contributed by atoms with E-state index in [1.165, 1.54) is 10.9 Å². The highest BCUT2D eigenvalue weighted by molar-refractivity contribution is 5.85. The molecular weight excluding hydrogens is 234 g/mol. The molecule has 1 heterocycles. The number of fused-ring (bicyclic) bond motifs is 1. The SMILES string of the molecule is COc1ccccc1-c1cc(C)c2ccccc2n1. The Labute approximate surface area is 112 Å². The third-order valence-electron chi connectivity index (χ3n) is 3.31. The van der Waals surface area contributed by atoms with Gasteiger partial charge in [0.25, 0.3) is 0 Å². The molecule has 2 heteroatoms. The van der Waals surface area contributed by atoms with Crippen molar-refractivity contribution in [2.75, 3.05) is 7.11 Å². The fraction of sp³-hybridized carbons (Fsp3) is 0.118. The fourth-order valence-corrected chi connectivity index (χ4v) is 2.34. The van der Waals surface area contributed by atoms with Crippen LogP contribution >= 0.6 is 0 Å². The number of aromatic nitrogens is 1. The van der Waals surface area contributed by atoms with Crippen LogP contribution in [0.15, 0.2) is 54.6 Å². The molecule has 19 heavy (non-hydrogen) atoms. The van der Waals surface area contributed by atoms with Gasteiger partial charge in [0.2, 0.25) is 0 Å². The van der Waals surface area contributed by atoms with Crippen molar-refractivity contribution < 1.29 is 4.74 Å². The first kappa shape index (κ1) is 11.7. The Hall–Kier alpha value is -2.35. The summed E-state index contributed by atoms with van der Waals surface area (Å²) in [6, 6.07) is 18.3. The highest BCUT2D eigenvalue weighted by Crippen LogP contribution is 2.30. The van der Waals surface area contributed by atoms with E-state index < -0.39 is 0 Å². The van der Waals surface area contributed by atoms with E-state index in [-0.39, 0.29) is 0 Å². The number of methoxy groups -OCH3 is 1. The van der Waals surface area contributed by atoms with Gasteiger partial charge >= 0.3 is 0 Å². The van der Waals surface area contributed by atoms with Gasteiger partial charge in [0, 0.05) is 10.9 Å². The molecule has 0 aliphatic rings. The molecule has 0 radical (unpaired) electrons. The van der Waals surface area contributed by atoms with Crippen molar-refractivity contribution in [2.45, 2.75) is 6.92 Å². The van der Waals surface area contributed by atoms with Crippen molar-refractivity contribution >= 4 is 10.9 Å². The van der Waals surface area contributed by atoms with Gasteiger partial charge in [0.1, 0.15) is 5.75 Å².